The molecule has 0 bridgehead atoms. The Balaban J connectivity index is 1.39. The Kier molecular flexibility index (Phi) is 4.60. The third kappa shape index (κ3) is 4.09. The first-order valence-electron chi connectivity index (χ1n) is 7.86. The molecular weight excluding hydrogens is 293 g/mol. The zero-order chi connectivity index (χ0) is 16.2. The summed E-state index contributed by atoms with van der Waals surface area (Å²) in [5.41, 5.74) is 2.22. The molecule has 1 aliphatic carbocycles. The Bertz CT molecular complexity index is 667. The Morgan fingerprint density at radius 1 is 1.17 bits per heavy atom. The van der Waals surface area contributed by atoms with E-state index in [1.165, 1.54) is 17.7 Å². The Morgan fingerprint density at radius 3 is 2.57 bits per heavy atom. The summed E-state index contributed by atoms with van der Waals surface area (Å²) in [5.74, 6) is 0.824. The molecule has 2 aromatic carbocycles. The third-order valence-corrected chi connectivity index (χ3v) is 4.12. The van der Waals surface area contributed by atoms with E-state index in [0.717, 1.165) is 17.7 Å². The van der Waals surface area contributed by atoms with Gasteiger partial charge in [0.25, 0.3) is 0 Å². The van der Waals surface area contributed by atoms with Crippen LogP contribution < -0.4 is 10.1 Å². The average molecular weight is 313 g/mol. The molecule has 1 fully saturated rings. The molecule has 2 atom stereocenters. The van der Waals surface area contributed by atoms with Gasteiger partial charge in [0.15, 0.2) is 0 Å². The highest BCUT2D eigenvalue weighted by Gasteiger charge is 2.43. The number of carbonyl (C=O) groups excluding carboxylic acids is 1. The van der Waals surface area contributed by atoms with Crippen molar-refractivity contribution in [1.29, 1.82) is 0 Å². The van der Waals surface area contributed by atoms with E-state index >= 15 is 0 Å². The van der Waals surface area contributed by atoms with Crippen LogP contribution in [0.2, 0.25) is 0 Å². The molecule has 120 valence electrons. The van der Waals surface area contributed by atoms with Crippen molar-refractivity contribution >= 4 is 5.91 Å². The number of rotatable bonds is 6. The standard InChI is InChI=1S/C19H20FNO2/c1-13-2-8-16(9-3-13)23-11-10-21-19(22)18-12-17(18)14-4-6-15(20)7-5-14/h2-9,17-18H,10-12H2,1H3,(H,21,22). The lowest BCUT2D eigenvalue weighted by atomic mass is 10.1. The summed E-state index contributed by atoms with van der Waals surface area (Å²) < 4.78 is 18.5. The normalized spacial score (nSPS) is 19.2. The summed E-state index contributed by atoms with van der Waals surface area (Å²) in [6.07, 6.45) is 0.830. The first kappa shape index (κ1) is 15.5. The molecule has 0 aliphatic heterocycles. The molecule has 0 saturated heterocycles. The van der Waals surface area contributed by atoms with Gasteiger partial charge < -0.3 is 10.1 Å². The Hall–Kier alpha value is -2.36. The molecule has 1 saturated carbocycles. The lowest BCUT2D eigenvalue weighted by Gasteiger charge is -2.08. The van der Waals surface area contributed by atoms with Crippen molar-refractivity contribution < 1.29 is 13.9 Å². The van der Waals surface area contributed by atoms with Gasteiger partial charge in [-0.3, -0.25) is 4.79 Å². The van der Waals surface area contributed by atoms with Crippen LogP contribution in [0.5, 0.6) is 5.75 Å². The molecule has 1 aliphatic rings. The molecule has 23 heavy (non-hydrogen) atoms. The number of amides is 1. The number of hydrogen-bond acceptors (Lipinski definition) is 2. The zero-order valence-corrected chi connectivity index (χ0v) is 13.1. The fourth-order valence-corrected chi connectivity index (χ4v) is 2.67. The fourth-order valence-electron chi connectivity index (χ4n) is 2.67. The third-order valence-electron chi connectivity index (χ3n) is 4.12. The van der Waals surface area contributed by atoms with Crippen molar-refractivity contribution in [3.63, 3.8) is 0 Å². The van der Waals surface area contributed by atoms with Gasteiger partial charge in [-0.2, -0.15) is 0 Å². The van der Waals surface area contributed by atoms with Crippen LogP contribution >= 0.6 is 0 Å². The van der Waals surface area contributed by atoms with Gasteiger partial charge >= 0.3 is 0 Å². The van der Waals surface area contributed by atoms with E-state index in [1.54, 1.807) is 12.1 Å². The molecule has 3 nitrogen and oxygen atoms in total. The second kappa shape index (κ2) is 6.82. The van der Waals surface area contributed by atoms with E-state index in [2.05, 4.69) is 5.32 Å². The van der Waals surface area contributed by atoms with Crippen molar-refractivity contribution in [3.8, 4) is 5.75 Å². The number of ether oxygens (including phenoxy) is 1. The van der Waals surface area contributed by atoms with Crippen LogP contribution in [0.4, 0.5) is 4.39 Å². The number of halogens is 1. The van der Waals surface area contributed by atoms with E-state index in [0.29, 0.717) is 13.2 Å². The Labute approximate surface area is 135 Å². The smallest absolute Gasteiger partial charge is 0.223 e. The summed E-state index contributed by atoms with van der Waals surface area (Å²) in [7, 11) is 0. The number of nitrogens with one attached hydrogen (secondary N) is 1. The maximum absolute atomic E-state index is 12.9. The summed E-state index contributed by atoms with van der Waals surface area (Å²) in [6.45, 7) is 2.96. The van der Waals surface area contributed by atoms with Gasteiger partial charge in [0.2, 0.25) is 5.91 Å². The zero-order valence-electron chi connectivity index (χ0n) is 13.1. The summed E-state index contributed by atoms with van der Waals surface area (Å²) in [5, 5.41) is 2.90. The summed E-state index contributed by atoms with van der Waals surface area (Å²) in [4.78, 5) is 12.1. The second-order valence-corrected chi connectivity index (χ2v) is 5.95. The Morgan fingerprint density at radius 2 is 1.87 bits per heavy atom. The van der Waals surface area contributed by atoms with Crippen LogP contribution in [0.3, 0.4) is 0 Å². The molecule has 0 spiro atoms. The monoisotopic (exact) mass is 313 g/mol. The minimum atomic E-state index is -0.247. The van der Waals surface area contributed by atoms with Gasteiger partial charge in [0.1, 0.15) is 18.2 Å². The fraction of sp³-hybridized carbons (Fsp3) is 0.316. The van der Waals surface area contributed by atoms with Gasteiger partial charge in [-0.05, 0) is 49.1 Å². The predicted molar refractivity (Wildman–Crippen MR) is 86.9 cm³/mol. The van der Waals surface area contributed by atoms with E-state index in [-0.39, 0.29) is 23.6 Å². The van der Waals surface area contributed by atoms with Crippen LogP contribution in [0.15, 0.2) is 48.5 Å². The van der Waals surface area contributed by atoms with Crippen LogP contribution in [0, 0.1) is 18.7 Å². The van der Waals surface area contributed by atoms with Gasteiger partial charge in [-0.25, -0.2) is 4.39 Å². The quantitative estimate of drug-likeness (QED) is 0.830. The SMILES string of the molecule is Cc1ccc(OCCNC(=O)C2CC2c2ccc(F)cc2)cc1. The molecule has 1 amide bonds. The number of hydrogen-bond donors (Lipinski definition) is 1. The average Bonchev–Trinajstić information content (AvgIpc) is 3.34. The number of aryl methyl sites for hydroxylation is 1. The molecule has 1 N–H and O–H groups in total. The van der Waals surface area contributed by atoms with Crippen LogP contribution in [-0.2, 0) is 4.79 Å². The highest BCUT2D eigenvalue weighted by Crippen LogP contribution is 2.47. The van der Waals surface area contributed by atoms with Gasteiger partial charge in [-0.1, -0.05) is 29.8 Å². The molecule has 0 heterocycles. The number of benzene rings is 2. The van der Waals surface area contributed by atoms with E-state index in [1.807, 2.05) is 31.2 Å². The van der Waals surface area contributed by atoms with Crippen molar-refractivity contribution in [2.45, 2.75) is 19.3 Å². The van der Waals surface area contributed by atoms with Crippen LogP contribution in [0.1, 0.15) is 23.5 Å². The van der Waals surface area contributed by atoms with Crippen LogP contribution in [-0.4, -0.2) is 19.1 Å². The summed E-state index contributed by atoms with van der Waals surface area (Å²) >= 11 is 0. The first-order valence-corrected chi connectivity index (χ1v) is 7.86. The minimum absolute atomic E-state index is 0.000152. The summed E-state index contributed by atoms with van der Waals surface area (Å²) in [6, 6.07) is 14.2. The molecule has 2 unspecified atom stereocenters. The molecule has 0 radical (unpaired) electrons. The van der Waals surface area contributed by atoms with Gasteiger partial charge in [0, 0.05) is 5.92 Å². The first-order chi connectivity index (χ1) is 11.1. The van der Waals surface area contributed by atoms with E-state index < -0.39 is 0 Å². The van der Waals surface area contributed by atoms with Crippen molar-refractivity contribution in [2.75, 3.05) is 13.2 Å². The van der Waals surface area contributed by atoms with Gasteiger partial charge in [-0.15, -0.1) is 0 Å². The maximum atomic E-state index is 12.9. The van der Waals surface area contributed by atoms with E-state index in [9.17, 15) is 9.18 Å². The van der Waals surface area contributed by atoms with Crippen molar-refractivity contribution in [3.05, 3.63) is 65.5 Å². The molecule has 2 aromatic rings. The van der Waals surface area contributed by atoms with Crippen molar-refractivity contribution in [1.82, 2.24) is 5.32 Å². The maximum Gasteiger partial charge on any atom is 0.223 e. The molecule has 0 aromatic heterocycles. The molecular formula is C19H20FNO2. The highest BCUT2D eigenvalue weighted by molar-refractivity contribution is 5.82. The topological polar surface area (TPSA) is 38.3 Å². The number of carbonyl (C=O) groups is 1. The van der Waals surface area contributed by atoms with Crippen LogP contribution in [0.25, 0.3) is 0 Å². The van der Waals surface area contributed by atoms with Crippen molar-refractivity contribution in [2.24, 2.45) is 5.92 Å². The lowest BCUT2D eigenvalue weighted by Crippen LogP contribution is -2.29. The lowest BCUT2D eigenvalue weighted by molar-refractivity contribution is -0.122. The molecule has 4 heteroatoms. The largest absolute Gasteiger partial charge is 0.492 e. The second-order valence-electron chi connectivity index (χ2n) is 5.95. The molecule has 3 rings (SSSR count). The van der Waals surface area contributed by atoms with Gasteiger partial charge in [0.05, 0.1) is 6.54 Å². The predicted octanol–water partition coefficient (Wildman–Crippen LogP) is 3.43. The van der Waals surface area contributed by atoms with E-state index in [4.69, 9.17) is 4.74 Å². The minimum Gasteiger partial charge on any atom is -0.492 e. The highest BCUT2D eigenvalue weighted by atomic mass is 19.1.